The molecule has 0 radical (unpaired) electrons. The Labute approximate surface area is 67.6 Å². The highest BCUT2D eigenvalue weighted by atomic mass is 14.1. The van der Waals surface area contributed by atoms with E-state index < -0.39 is 0 Å². The summed E-state index contributed by atoms with van der Waals surface area (Å²) in [4.78, 5) is 0. The van der Waals surface area contributed by atoms with Crippen molar-refractivity contribution >= 4 is 15.7 Å². The van der Waals surface area contributed by atoms with Gasteiger partial charge in [-0.25, -0.2) is 0 Å². The minimum Gasteiger partial charge on any atom is -0.0767 e. The Kier molecular flexibility index (Phi) is 4.93. The summed E-state index contributed by atoms with van der Waals surface area (Å²) < 4.78 is 0. The summed E-state index contributed by atoms with van der Waals surface area (Å²) in [5.74, 6) is 2.67. The predicted octanol–water partition coefficient (Wildman–Crippen LogP) is 1.29. The van der Waals surface area contributed by atoms with E-state index in [4.69, 9.17) is 0 Å². The van der Waals surface area contributed by atoms with Crippen molar-refractivity contribution in [2.75, 3.05) is 0 Å². The smallest absolute Gasteiger partial charge is 0.0767 e. The van der Waals surface area contributed by atoms with Gasteiger partial charge >= 0.3 is 0 Å². The summed E-state index contributed by atoms with van der Waals surface area (Å²) in [6, 6.07) is 0. The van der Waals surface area contributed by atoms with Gasteiger partial charge < -0.3 is 0 Å². The van der Waals surface area contributed by atoms with E-state index in [1.54, 1.807) is 0 Å². The van der Waals surface area contributed by atoms with Crippen LogP contribution in [0, 0.1) is 5.92 Å². The average molecular weight is 138 g/mol. The zero-order valence-electron chi connectivity index (χ0n) is 8.15. The monoisotopic (exact) mass is 138 g/mol. The third kappa shape index (κ3) is 4.03. The van der Waals surface area contributed by atoms with Crippen LogP contribution in [0.2, 0.25) is 11.6 Å². The van der Waals surface area contributed by atoms with Gasteiger partial charge in [-0.2, -0.15) is 0 Å². The lowest BCUT2D eigenvalue weighted by Crippen LogP contribution is -2.05. The van der Waals surface area contributed by atoms with E-state index >= 15 is 0 Å². The van der Waals surface area contributed by atoms with Gasteiger partial charge in [-0.05, 0) is 5.92 Å². The maximum absolute atomic E-state index is 2.36. The Morgan fingerprint density at radius 1 is 1.20 bits per heavy atom. The summed E-state index contributed by atoms with van der Waals surface area (Å²) in [6.07, 6.45) is 2.73. The molecule has 2 unspecified atom stereocenters. The molecule has 0 nitrogen and oxygen atoms in total. The normalized spacial score (nSPS) is 19.9. The molecule has 0 aliphatic rings. The van der Waals surface area contributed by atoms with Gasteiger partial charge in [0, 0.05) is 0 Å². The fourth-order valence-corrected chi connectivity index (χ4v) is 1.07. The van der Waals surface area contributed by atoms with Gasteiger partial charge in [-0.15, -0.1) is 0 Å². The summed E-state index contributed by atoms with van der Waals surface area (Å²) >= 11 is 0. The van der Waals surface area contributed by atoms with E-state index in [2.05, 4.69) is 36.5 Å². The van der Waals surface area contributed by atoms with Crippen LogP contribution in [-0.4, -0.2) is 15.7 Å². The van der Waals surface area contributed by atoms with Gasteiger partial charge in [0.1, 0.15) is 15.7 Å². The summed E-state index contributed by atoms with van der Waals surface area (Å²) in [6.45, 7) is 6.93. The Balaban J connectivity index is 3.46. The molecule has 3 atom stereocenters. The van der Waals surface area contributed by atoms with E-state index in [0.717, 1.165) is 17.6 Å². The van der Waals surface area contributed by atoms with Crippen molar-refractivity contribution in [1.29, 1.82) is 0 Å². The fourth-order valence-electron chi connectivity index (χ4n) is 1.07. The van der Waals surface area contributed by atoms with Crippen molar-refractivity contribution in [3.8, 4) is 0 Å². The van der Waals surface area contributed by atoms with Crippen molar-refractivity contribution in [3.05, 3.63) is 0 Å². The third-order valence-corrected chi connectivity index (χ3v) is 2.61. The van der Waals surface area contributed by atoms with Gasteiger partial charge in [-0.1, -0.05) is 45.2 Å². The van der Waals surface area contributed by atoms with Crippen molar-refractivity contribution in [3.63, 3.8) is 0 Å². The van der Waals surface area contributed by atoms with E-state index in [1.807, 2.05) is 0 Å². The lowest BCUT2D eigenvalue weighted by Gasteiger charge is -2.18. The van der Waals surface area contributed by atoms with Gasteiger partial charge in [0.25, 0.3) is 0 Å². The molecule has 0 bridgehead atoms. The van der Waals surface area contributed by atoms with Crippen molar-refractivity contribution in [2.24, 2.45) is 5.92 Å². The molecule has 0 spiro atoms. The molecule has 0 rings (SSSR count). The molecule has 0 N–H and O–H groups in total. The van der Waals surface area contributed by atoms with Crippen molar-refractivity contribution in [1.82, 2.24) is 0 Å². The van der Waals surface area contributed by atoms with E-state index in [0.29, 0.717) is 0 Å². The molecule has 0 saturated heterocycles. The third-order valence-electron chi connectivity index (χ3n) is 2.61. The van der Waals surface area contributed by atoms with Gasteiger partial charge in [0.2, 0.25) is 0 Å². The SMILES string of the molecule is BC(C)[C@@H](B)CC(C)CC. The minimum absolute atomic E-state index is 0.856. The topological polar surface area (TPSA) is 0 Å². The second-order valence-corrected chi connectivity index (χ2v) is 3.97. The quantitative estimate of drug-likeness (QED) is 0.513. The Morgan fingerprint density at radius 3 is 2.00 bits per heavy atom. The standard InChI is InChI=1S/C8H20B2/c1-4-6(2)5-8(10)7(3)9/h6-8H,4-5,9-10H2,1-3H3/t6?,7?,8-/m0/s1. The van der Waals surface area contributed by atoms with Crippen molar-refractivity contribution < 1.29 is 0 Å². The molecule has 0 heterocycles. The molecule has 58 valence electrons. The van der Waals surface area contributed by atoms with Gasteiger partial charge in [0.05, 0.1) is 0 Å². The highest BCUT2D eigenvalue weighted by Gasteiger charge is 2.09. The molecule has 0 amide bonds. The minimum atomic E-state index is 0.856. The van der Waals surface area contributed by atoms with Crippen LogP contribution in [0.5, 0.6) is 0 Å². The van der Waals surface area contributed by atoms with Crippen LogP contribution in [-0.2, 0) is 0 Å². The van der Waals surface area contributed by atoms with Crippen LogP contribution in [0.4, 0.5) is 0 Å². The molecule has 2 heteroatoms. The lowest BCUT2D eigenvalue weighted by atomic mass is 9.64. The first kappa shape index (κ1) is 10.1. The highest BCUT2D eigenvalue weighted by molar-refractivity contribution is 6.21. The zero-order chi connectivity index (χ0) is 8.15. The lowest BCUT2D eigenvalue weighted by molar-refractivity contribution is 0.492. The van der Waals surface area contributed by atoms with E-state index in [1.165, 1.54) is 12.8 Å². The Bertz CT molecular complexity index is 81.3. The fraction of sp³-hybridized carbons (Fsp3) is 1.00. The number of hydrogen-bond acceptors (Lipinski definition) is 0. The van der Waals surface area contributed by atoms with Crippen molar-refractivity contribution in [2.45, 2.75) is 45.2 Å². The van der Waals surface area contributed by atoms with Crippen LogP contribution in [0.3, 0.4) is 0 Å². The van der Waals surface area contributed by atoms with E-state index in [9.17, 15) is 0 Å². The van der Waals surface area contributed by atoms with Crippen LogP contribution < -0.4 is 0 Å². The predicted molar refractivity (Wildman–Crippen MR) is 54.3 cm³/mol. The maximum Gasteiger partial charge on any atom is 0.104 e. The molecule has 10 heavy (non-hydrogen) atoms. The number of hydrogen-bond donors (Lipinski definition) is 0. The van der Waals surface area contributed by atoms with Gasteiger partial charge in [-0.3, -0.25) is 0 Å². The summed E-state index contributed by atoms with van der Waals surface area (Å²) in [7, 11) is 4.67. The molecule has 0 aromatic rings. The Morgan fingerprint density at radius 2 is 1.70 bits per heavy atom. The van der Waals surface area contributed by atoms with Crippen LogP contribution in [0.15, 0.2) is 0 Å². The first-order valence-corrected chi connectivity index (χ1v) is 4.57. The van der Waals surface area contributed by atoms with Crippen LogP contribution >= 0.6 is 0 Å². The largest absolute Gasteiger partial charge is 0.104 e. The van der Waals surface area contributed by atoms with Crippen LogP contribution in [0.1, 0.15) is 33.6 Å². The zero-order valence-corrected chi connectivity index (χ0v) is 8.15. The summed E-state index contributed by atoms with van der Waals surface area (Å²) in [5, 5.41) is 0. The second kappa shape index (κ2) is 4.87. The molecular weight excluding hydrogens is 118 g/mol. The number of rotatable bonds is 4. The molecule has 0 aliphatic carbocycles. The Hall–Kier alpha value is 0.130. The highest BCUT2D eigenvalue weighted by Crippen LogP contribution is 2.25. The first-order valence-electron chi connectivity index (χ1n) is 4.57. The first-order chi connectivity index (χ1) is 4.57. The maximum atomic E-state index is 2.36. The summed E-state index contributed by atoms with van der Waals surface area (Å²) in [5.41, 5.74) is 0. The molecule has 0 aliphatic heterocycles. The average Bonchev–Trinajstić information content (AvgIpc) is 1.87. The molecule has 0 aromatic heterocycles. The van der Waals surface area contributed by atoms with Gasteiger partial charge in [0.15, 0.2) is 0 Å². The van der Waals surface area contributed by atoms with E-state index in [-0.39, 0.29) is 0 Å². The molecule has 0 aromatic carbocycles. The molecule has 0 fully saturated rings. The van der Waals surface area contributed by atoms with Crippen LogP contribution in [0.25, 0.3) is 0 Å². The second-order valence-electron chi connectivity index (χ2n) is 3.97. The molecule has 0 saturated carbocycles. The molecular formula is C8H20B2.